The van der Waals surface area contributed by atoms with Gasteiger partial charge in [0, 0.05) is 23.4 Å². The van der Waals surface area contributed by atoms with E-state index in [1.807, 2.05) is 6.26 Å². The number of nitrogens with one attached hydrogen (secondary N) is 1. The fourth-order valence-electron chi connectivity index (χ4n) is 1.15. The number of carbonyl (C=O) groups excluding carboxylic acids is 1. The molecule has 1 rings (SSSR count). The van der Waals surface area contributed by atoms with Gasteiger partial charge in [-0.3, -0.25) is 4.79 Å². The first-order valence-electron chi connectivity index (χ1n) is 4.82. The molecule has 0 aliphatic rings. The molecule has 0 fully saturated rings. The Morgan fingerprint density at radius 1 is 1.38 bits per heavy atom. The van der Waals surface area contributed by atoms with Crippen LogP contribution in [0.3, 0.4) is 0 Å². The van der Waals surface area contributed by atoms with E-state index in [9.17, 15) is 4.79 Å². The zero-order chi connectivity index (χ0) is 12.0. The van der Waals surface area contributed by atoms with Crippen LogP contribution in [0.5, 0.6) is 0 Å². The highest BCUT2D eigenvalue weighted by Crippen LogP contribution is 2.04. The maximum Gasteiger partial charge on any atom is 0.251 e. The van der Waals surface area contributed by atoms with E-state index < -0.39 is 0 Å². The zero-order valence-corrected chi connectivity index (χ0v) is 10.7. The van der Waals surface area contributed by atoms with Gasteiger partial charge in [-0.15, -0.1) is 0 Å². The Balaban J connectivity index is 2.59. The third-order valence-corrected chi connectivity index (χ3v) is 2.87. The number of thiocarbonyl (C=S) groups is 1. The van der Waals surface area contributed by atoms with Gasteiger partial charge in [-0.05, 0) is 18.4 Å². The normalized spacial score (nSPS) is 9.81. The summed E-state index contributed by atoms with van der Waals surface area (Å²) in [6.07, 6.45) is 2.00. The van der Waals surface area contributed by atoms with Crippen LogP contribution in [0.1, 0.15) is 15.9 Å². The first-order chi connectivity index (χ1) is 7.65. The molecule has 5 heteroatoms. The minimum atomic E-state index is -0.0662. The highest BCUT2D eigenvalue weighted by Gasteiger charge is 2.04. The highest BCUT2D eigenvalue weighted by atomic mass is 32.2. The number of hydrogen-bond acceptors (Lipinski definition) is 3. The van der Waals surface area contributed by atoms with E-state index in [2.05, 4.69) is 5.32 Å². The fraction of sp³-hybridized carbons (Fsp3) is 0.273. The van der Waals surface area contributed by atoms with Gasteiger partial charge in [-0.1, -0.05) is 24.4 Å². The van der Waals surface area contributed by atoms with Crippen LogP contribution >= 0.6 is 24.0 Å². The molecule has 0 atom stereocenters. The van der Waals surface area contributed by atoms with E-state index in [0.717, 1.165) is 11.3 Å². The first-order valence-corrected chi connectivity index (χ1v) is 6.62. The SMILES string of the molecule is CSCCNC(=O)c1ccc(C(N)=S)cc1. The highest BCUT2D eigenvalue weighted by molar-refractivity contribution is 7.98. The third kappa shape index (κ3) is 3.83. The van der Waals surface area contributed by atoms with Crippen LogP contribution in [0, 0.1) is 0 Å². The van der Waals surface area contributed by atoms with Gasteiger partial charge in [0.25, 0.3) is 5.91 Å². The predicted molar refractivity (Wildman–Crippen MR) is 73.0 cm³/mol. The lowest BCUT2D eigenvalue weighted by molar-refractivity contribution is 0.0956. The molecule has 0 saturated carbocycles. The summed E-state index contributed by atoms with van der Waals surface area (Å²) in [6, 6.07) is 6.96. The summed E-state index contributed by atoms with van der Waals surface area (Å²) < 4.78 is 0. The molecule has 1 amide bonds. The smallest absolute Gasteiger partial charge is 0.251 e. The molecule has 0 spiro atoms. The largest absolute Gasteiger partial charge is 0.389 e. The average Bonchev–Trinajstić information content (AvgIpc) is 2.29. The van der Waals surface area contributed by atoms with Crippen molar-refractivity contribution in [3.63, 3.8) is 0 Å². The first kappa shape index (κ1) is 13.0. The molecule has 0 saturated heterocycles. The van der Waals surface area contributed by atoms with Gasteiger partial charge in [0.05, 0.1) is 0 Å². The van der Waals surface area contributed by atoms with Crippen LogP contribution in [0.4, 0.5) is 0 Å². The molecule has 1 aromatic carbocycles. The number of rotatable bonds is 5. The van der Waals surface area contributed by atoms with Gasteiger partial charge in [0.2, 0.25) is 0 Å². The maximum absolute atomic E-state index is 11.6. The lowest BCUT2D eigenvalue weighted by atomic mass is 10.1. The topological polar surface area (TPSA) is 55.1 Å². The van der Waals surface area contributed by atoms with Crippen molar-refractivity contribution in [1.82, 2.24) is 5.32 Å². The second-order valence-corrected chi connectivity index (χ2v) is 4.62. The van der Waals surface area contributed by atoms with Crippen LogP contribution < -0.4 is 11.1 Å². The van der Waals surface area contributed by atoms with E-state index in [4.69, 9.17) is 18.0 Å². The number of nitrogens with two attached hydrogens (primary N) is 1. The van der Waals surface area contributed by atoms with Crippen LogP contribution in [0.2, 0.25) is 0 Å². The molecule has 0 heterocycles. The molecule has 86 valence electrons. The fourth-order valence-corrected chi connectivity index (χ4v) is 1.60. The van der Waals surface area contributed by atoms with Crippen molar-refractivity contribution in [3.8, 4) is 0 Å². The Labute approximate surface area is 105 Å². The van der Waals surface area contributed by atoms with Crippen molar-refractivity contribution in [2.75, 3.05) is 18.6 Å². The zero-order valence-electron chi connectivity index (χ0n) is 9.03. The van der Waals surface area contributed by atoms with Crippen molar-refractivity contribution in [1.29, 1.82) is 0 Å². The van der Waals surface area contributed by atoms with E-state index in [1.165, 1.54) is 0 Å². The Kier molecular flexibility index (Phi) is 5.28. The Morgan fingerprint density at radius 2 is 1.94 bits per heavy atom. The summed E-state index contributed by atoms with van der Waals surface area (Å²) in [5.74, 6) is 0.847. The van der Waals surface area contributed by atoms with Gasteiger partial charge in [0.1, 0.15) is 4.99 Å². The summed E-state index contributed by atoms with van der Waals surface area (Å²) in [5, 5.41) is 2.82. The number of carbonyl (C=O) groups is 1. The number of thioether (sulfide) groups is 1. The lowest BCUT2D eigenvalue weighted by Crippen LogP contribution is -2.25. The summed E-state index contributed by atoms with van der Waals surface area (Å²) in [6.45, 7) is 0.678. The summed E-state index contributed by atoms with van der Waals surface area (Å²) >= 11 is 6.53. The quantitative estimate of drug-likeness (QED) is 0.616. The molecule has 3 N–H and O–H groups in total. The molecule has 0 aliphatic carbocycles. The minimum Gasteiger partial charge on any atom is -0.389 e. The lowest BCUT2D eigenvalue weighted by Gasteiger charge is -2.04. The van der Waals surface area contributed by atoms with Crippen LogP contribution in [0.15, 0.2) is 24.3 Å². The summed E-state index contributed by atoms with van der Waals surface area (Å²) in [4.78, 5) is 12.0. The second kappa shape index (κ2) is 6.50. The second-order valence-electron chi connectivity index (χ2n) is 3.19. The van der Waals surface area contributed by atoms with Gasteiger partial charge in [0.15, 0.2) is 0 Å². The van der Waals surface area contributed by atoms with E-state index >= 15 is 0 Å². The third-order valence-electron chi connectivity index (χ3n) is 2.02. The average molecular weight is 254 g/mol. The van der Waals surface area contributed by atoms with Crippen molar-refractivity contribution in [2.24, 2.45) is 5.73 Å². The van der Waals surface area contributed by atoms with E-state index in [1.54, 1.807) is 36.0 Å². The van der Waals surface area contributed by atoms with Gasteiger partial charge >= 0.3 is 0 Å². The van der Waals surface area contributed by atoms with Gasteiger partial charge in [-0.2, -0.15) is 11.8 Å². The molecule has 0 aromatic heterocycles. The Hall–Kier alpha value is -1.07. The number of hydrogen-bond donors (Lipinski definition) is 2. The van der Waals surface area contributed by atoms with E-state index in [-0.39, 0.29) is 5.91 Å². The van der Waals surface area contributed by atoms with Crippen molar-refractivity contribution < 1.29 is 4.79 Å². The Morgan fingerprint density at radius 3 is 2.44 bits per heavy atom. The minimum absolute atomic E-state index is 0.0662. The standard InChI is InChI=1S/C11H14N2OS2/c1-16-7-6-13-11(14)9-4-2-8(3-5-9)10(12)15/h2-5H,6-7H2,1H3,(H2,12,15)(H,13,14). The molecule has 0 bridgehead atoms. The van der Waals surface area contributed by atoms with Gasteiger partial charge in [-0.25, -0.2) is 0 Å². The summed E-state index contributed by atoms with van der Waals surface area (Å²) in [5.41, 5.74) is 6.87. The molecule has 3 nitrogen and oxygen atoms in total. The number of amides is 1. The van der Waals surface area contributed by atoms with Crippen LogP contribution in [0.25, 0.3) is 0 Å². The molecule has 0 aliphatic heterocycles. The monoisotopic (exact) mass is 254 g/mol. The molecular formula is C11H14N2OS2. The number of benzene rings is 1. The summed E-state index contributed by atoms with van der Waals surface area (Å²) in [7, 11) is 0. The molecule has 0 radical (unpaired) electrons. The van der Waals surface area contributed by atoms with Crippen molar-refractivity contribution in [2.45, 2.75) is 0 Å². The molecular weight excluding hydrogens is 240 g/mol. The van der Waals surface area contributed by atoms with Crippen LogP contribution in [-0.2, 0) is 0 Å². The van der Waals surface area contributed by atoms with Crippen molar-refractivity contribution >= 4 is 34.9 Å². The maximum atomic E-state index is 11.6. The van der Waals surface area contributed by atoms with E-state index in [0.29, 0.717) is 17.1 Å². The van der Waals surface area contributed by atoms with Crippen molar-refractivity contribution in [3.05, 3.63) is 35.4 Å². The molecule has 0 unspecified atom stereocenters. The Bertz CT molecular complexity index is 376. The molecule has 16 heavy (non-hydrogen) atoms. The molecule has 1 aromatic rings. The predicted octanol–water partition coefficient (Wildman–Crippen LogP) is 1.41. The van der Waals surface area contributed by atoms with Gasteiger partial charge < -0.3 is 11.1 Å². The van der Waals surface area contributed by atoms with Crippen LogP contribution in [-0.4, -0.2) is 29.4 Å².